The van der Waals surface area contributed by atoms with E-state index in [-0.39, 0.29) is 12.4 Å². The molecule has 0 fully saturated rings. The van der Waals surface area contributed by atoms with E-state index in [4.69, 9.17) is 4.74 Å². The minimum absolute atomic E-state index is 0.236. The maximum absolute atomic E-state index is 13.5. The van der Waals surface area contributed by atoms with Gasteiger partial charge in [-0.25, -0.2) is 14.0 Å². The molecule has 146 valence electrons. The molecule has 0 saturated carbocycles. The number of carbonyl (C=O) groups excluding carboxylic acids is 3. The monoisotopic (exact) mass is 385 g/mol. The van der Waals surface area contributed by atoms with Gasteiger partial charge in [0.05, 0.1) is 12.7 Å². The predicted octanol–water partition coefficient (Wildman–Crippen LogP) is 2.53. The number of ether oxygens (including phenoxy) is 2. The summed E-state index contributed by atoms with van der Waals surface area (Å²) in [5.41, 5.74) is 1.58. The van der Waals surface area contributed by atoms with Crippen LogP contribution < -0.4 is 5.32 Å². The van der Waals surface area contributed by atoms with Crippen LogP contribution in [0.3, 0.4) is 0 Å². The molecule has 0 unspecified atom stereocenters. The van der Waals surface area contributed by atoms with Crippen LogP contribution in [-0.2, 0) is 25.5 Å². The number of hydrogen-bond acceptors (Lipinski definition) is 5. The van der Waals surface area contributed by atoms with E-state index in [2.05, 4.69) is 10.1 Å². The molecule has 0 heterocycles. The third-order valence-corrected chi connectivity index (χ3v) is 3.76. The number of esters is 2. The van der Waals surface area contributed by atoms with Crippen molar-refractivity contribution in [2.45, 2.75) is 6.42 Å². The quantitative estimate of drug-likeness (QED) is 0.558. The van der Waals surface area contributed by atoms with Crippen molar-refractivity contribution in [3.8, 4) is 0 Å². The number of halogens is 1. The zero-order chi connectivity index (χ0) is 20.4. The van der Waals surface area contributed by atoms with Crippen molar-refractivity contribution in [1.29, 1.82) is 0 Å². The van der Waals surface area contributed by atoms with Crippen LogP contribution in [0.25, 0.3) is 6.08 Å². The summed E-state index contributed by atoms with van der Waals surface area (Å²) in [6, 6.07) is 12.7. The highest BCUT2D eigenvalue weighted by Gasteiger charge is 2.07. The van der Waals surface area contributed by atoms with Crippen LogP contribution in [0.5, 0.6) is 0 Å². The van der Waals surface area contributed by atoms with Gasteiger partial charge in [0.15, 0.2) is 6.61 Å². The van der Waals surface area contributed by atoms with Gasteiger partial charge in [0.25, 0.3) is 5.91 Å². The Balaban J connectivity index is 1.71. The molecule has 0 atom stereocenters. The first-order chi connectivity index (χ1) is 13.5. The molecule has 1 N–H and O–H groups in total. The Kier molecular flexibility index (Phi) is 7.90. The Bertz CT molecular complexity index is 861. The summed E-state index contributed by atoms with van der Waals surface area (Å²) >= 11 is 0. The first-order valence-electron chi connectivity index (χ1n) is 8.53. The van der Waals surface area contributed by atoms with Crippen LogP contribution in [0.4, 0.5) is 4.39 Å². The van der Waals surface area contributed by atoms with Crippen LogP contribution in [0.15, 0.2) is 54.6 Å². The lowest BCUT2D eigenvalue weighted by molar-refractivity contribution is -0.143. The Hall–Kier alpha value is -3.48. The fraction of sp³-hybridized carbons (Fsp3) is 0.190. The summed E-state index contributed by atoms with van der Waals surface area (Å²) < 4.78 is 22.9. The molecule has 0 aliphatic rings. The number of methoxy groups -OCH3 is 1. The lowest BCUT2D eigenvalue weighted by atomic mass is 10.1. The predicted molar refractivity (Wildman–Crippen MR) is 101 cm³/mol. The lowest BCUT2D eigenvalue weighted by Gasteiger charge is -2.06. The Morgan fingerprint density at radius 1 is 1.07 bits per heavy atom. The third kappa shape index (κ3) is 6.68. The molecule has 0 bridgehead atoms. The first kappa shape index (κ1) is 20.8. The van der Waals surface area contributed by atoms with Gasteiger partial charge >= 0.3 is 11.9 Å². The van der Waals surface area contributed by atoms with Crippen LogP contribution in [-0.4, -0.2) is 38.1 Å². The van der Waals surface area contributed by atoms with Gasteiger partial charge in [-0.15, -0.1) is 0 Å². The molecular weight excluding hydrogens is 365 g/mol. The van der Waals surface area contributed by atoms with Crippen molar-refractivity contribution in [2.75, 3.05) is 20.3 Å². The van der Waals surface area contributed by atoms with Crippen LogP contribution in [0.1, 0.15) is 21.5 Å². The fourth-order valence-corrected chi connectivity index (χ4v) is 2.29. The van der Waals surface area contributed by atoms with E-state index in [0.29, 0.717) is 23.1 Å². The molecule has 28 heavy (non-hydrogen) atoms. The number of hydrogen-bond donors (Lipinski definition) is 1. The van der Waals surface area contributed by atoms with Gasteiger partial charge in [0.2, 0.25) is 0 Å². The zero-order valence-electron chi connectivity index (χ0n) is 15.3. The van der Waals surface area contributed by atoms with Gasteiger partial charge in [-0.1, -0.05) is 30.3 Å². The first-order valence-corrected chi connectivity index (χ1v) is 8.53. The summed E-state index contributed by atoms with van der Waals surface area (Å²) in [4.78, 5) is 34.7. The molecule has 1 amide bonds. The second-order valence-corrected chi connectivity index (χ2v) is 5.75. The number of benzene rings is 2. The highest BCUT2D eigenvalue weighted by Crippen LogP contribution is 2.08. The summed E-state index contributed by atoms with van der Waals surface area (Å²) in [7, 11) is 1.29. The topological polar surface area (TPSA) is 81.7 Å². The molecule has 0 spiro atoms. The van der Waals surface area contributed by atoms with Crippen molar-refractivity contribution >= 4 is 23.9 Å². The maximum atomic E-state index is 13.5. The third-order valence-electron chi connectivity index (χ3n) is 3.76. The number of carbonyl (C=O) groups is 3. The molecular formula is C21H20FNO5. The van der Waals surface area contributed by atoms with Gasteiger partial charge in [-0.3, -0.25) is 4.79 Å². The average molecular weight is 385 g/mol. The molecule has 0 aromatic heterocycles. The fourth-order valence-electron chi connectivity index (χ4n) is 2.29. The SMILES string of the molecule is COC(=O)c1ccc(/C=C/C(=O)OCC(=O)NCCc2ccccc2F)cc1. The summed E-state index contributed by atoms with van der Waals surface area (Å²) in [5, 5.41) is 2.56. The van der Waals surface area contributed by atoms with E-state index < -0.39 is 24.5 Å². The van der Waals surface area contributed by atoms with Crippen molar-refractivity contribution in [3.63, 3.8) is 0 Å². The van der Waals surface area contributed by atoms with E-state index >= 15 is 0 Å². The van der Waals surface area contributed by atoms with Gasteiger partial charge in [0.1, 0.15) is 5.82 Å². The van der Waals surface area contributed by atoms with E-state index in [1.165, 1.54) is 25.3 Å². The molecule has 2 aromatic carbocycles. The lowest BCUT2D eigenvalue weighted by Crippen LogP contribution is -2.30. The molecule has 6 nitrogen and oxygen atoms in total. The summed E-state index contributed by atoms with van der Waals surface area (Å²) in [6.07, 6.45) is 3.02. The van der Waals surface area contributed by atoms with E-state index in [1.54, 1.807) is 42.5 Å². The van der Waals surface area contributed by atoms with Crippen molar-refractivity contribution in [2.24, 2.45) is 0 Å². The standard InChI is InChI=1S/C21H20FNO5/c1-27-21(26)17-9-6-15(7-10-17)8-11-20(25)28-14-19(24)23-13-12-16-4-2-3-5-18(16)22/h2-11H,12-14H2,1H3,(H,23,24)/b11-8+. The number of nitrogens with one attached hydrogen (secondary N) is 1. The second kappa shape index (κ2) is 10.6. The van der Waals surface area contributed by atoms with Crippen LogP contribution in [0, 0.1) is 5.82 Å². The zero-order valence-corrected chi connectivity index (χ0v) is 15.3. The van der Waals surface area contributed by atoms with Gasteiger partial charge < -0.3 is 14.8 Å². The summed E-state index contributed by atoms with van der Waals surface area (Å²) in [6.45, 7) is -0.193. The normalized spacial score (nSPS) is 10.5. The molecule has 0 radical (unpaired) electrons. The van der Waals surface area contributed by atoms with Gasteiger partial charge in [0, 0.05) is 12.6 Å². The highest BCUT2D eigenvalue weighted by molar-refractivity contribution is 5.91. The van der Waals surface area contributed by atoms with Crippen molar-refractivity contribution in [1.82, 2.24) is 5.32 Å². The average Bonchev–Trinajstić information content (AvgIpc) is 2.72. The summed E-state index contributed by atoms with van der Waals surface area (Å²) in [5.74, 6) is -1.93. The Labute approximate surface area is 162 Å². The Morgan fingerprint density at radius 2 is 1.79 bits per heavy atom. The molecule has 0 aliphatic carbocycles. The van der Waals surface area contributed by atoms with Crippen LogP contribution >= 0.6 is 0 Å². The number of amides is 1. The molecule has 0 saturated heterocycles. The smallest absolute Gasteiger partial charge is 0.337 e. The van der Waals surface area contributed by atoms with E-state index in [0.717, 1.165) is 0 Å². The van der Waals surface area contributed by atoms with Gasteiger partial charge in [-0.05, 0) is 41.8 Å². The molecule has 2 aromatic rings. The van der Waals surface area contributed by atoms with Crippen molar-refractivity contribution in [3.05, 3.63) is 77.1 Å². The molecule has 0 aliphatic heterocycles. The van der Waals surface area contributed by atoms with Crippen LogP contribution in [0.2, 0.25) is 0 Å². The Morgan fingerprint density at radius 3 is 2.46 bits per heavy atom. The second-order valence-electron chi connectivity index (χ2n) is 5.75. The largest absolute Gasteiger partial charge is 0.465 e. The van der Waals surface area contributed by atoms with E-state index in [1.807, 2.05) is 0 Å². The molecule has 2 rings (SSSR count). The number of rotatable bonds is 8. The van der Waals surface area contributed by atoms with E-state index in [9.17, 15) is 18.8 Å². The minimum Gasteiger partial charge on any atom is -0.465 e. The van der Waals surface area contributed by atoms with Gasteiger partial charge in [-0.2, -0.15) is 0 Å². The minimum atomic E-state index is -0.679. The molecule has 7 heteroatoms. The van der Waals surface area contributed by atoms with Crippen molar-refractivity contribution < 1.29 is 28.2 Å². The maximum Gasteiger partial charge on any atom is 0.337 e. The highest BCUT2D eigenvalue weighted by atomic mass is 19.1.